The third kappa shape index (κ3) is 15.7. The first-order valence-corrected chi connectivity index (χ1v) is 11.1. The van der Waals surface area contributed by atoms with Crippen molar-refractivity contribution in [3.63, 3.8) is 0 Å². The summed E-state index contributed by atoms with van der Waals surface area (Å²) >= 11 is 0. The summed E-state index contributed by atoms with van der Waals surface area (Å²) in [6.45, 7) is 2.69. The van der Waals surface area contributed by atoms with Crippen LogP contribution in [0.4, 0.5) is 0 Å². The molecule has 0 aliphatic rings. The molecular formula is C23H39NO6. The van der Waals surface area contributed by atoms with Crippen LogP contribution in [0, 0.1) is 0 Å². The number of carbonyl (C=O) groups excluding carboxylic acids is 2. The van der Waals surface area contributed by atoms with Crippen LogP contribution in [0.5, 0.6) is 0 Å². The fraction of sp³-hybridized carbons (Fsp3) is 0.739. The minimum atomic E-state index is -1.57. The first-order valence-electron chi connectivity index (χ1n) is 11.1. The first-order chi connectivity index (χ1) is 14.2. The van der Waals surface area contributed by atoms with Crippen LogP contribution in [-0.4, -0.2) is 39.4 Å². The fourth-order valence-corrected chi connectivity index (χ4v) is 3.13. The number of unbranched alkanes of at least 4 members (excludes halogenated alkanes) is 11. The number of aliphatic carboxylic acids is 2. The number of nitrogens with one attached hydrogen (secondary N) is 1. The van der Waals surface area contributed by atoms with Gasteiger partial charge in [-0.1, -0.05) is 64.2 Å². The van der Waals surface area contributed by atoms with E-state index in [4.69, 9.17) is 5.11 Å². The highest BCUT2D eigenvalue weighted by Crippen LogP contribution is 2.13. The van der Waals surface area contributed by atoms with E-state index in [0.717, 1.165) is 44.6 Å². The maximum atomic E-state index is 12.0. The lowest BCUT2D eigenvalue weighted by Gasteiger charge is -2.22. The van der Waals surface area contributed by atoms with Crippen molar-refractivity contribution < 1.29 is 29.4 Å². The summed E-state index contributed by atoms with van der Waals surface area (Å²) in [5.74, 6) is -2.51. The van der Waals surface area contributed by atoms with Crippen molar-refractivity contribution in [2.24, 2.45) is 0 Å². The highest BCUT2D eigenvalue weighted by Gasteiger charge is 2.31. The first kappa shape index (κ1) is 27.8. The molecule has 0 aliphatic heterocycles. The number of carboxylic acids is 2. The average molecular weight is 426 g/mol. The number of rotatable bonds is 19. The Labute approximate surface area is 180 Å². The fourth-order valence-electron chi connectivity index (χ4n) is 3.13. The molecule has 7 heteroatoms. The Hall–Kier alpha value is -2.18. The van der Waals surface area contributed by atoms with Gasteiger partial charge in [0.05, 0.1) is 0 Å². The van der Waals surface area contributed by atoms with Crippen LogP contribution >= 0.6 is 0 Å². The summed E-state index contributed by atoms with van der Waals surface area (Å²) in [5.41, 5.74) is -1.57. The molecule has 0 radical (unpaired) electrons. The lowest BCUT2D eigenvalue weighted by atomic mass is 10.0. The molecular weight excluding hydrogens is 386 g/mol. The highest BCUT2D eigenvalue weighted by atomic mass is 16.4. The molecule has 1 amide bonds. The minimum absolute atomic E-state index is 0.271. The van der Waals surface area contributed by atoms with Crippen LogP contribution < -0.4 is 5.32 Å². The molecule has 0 aromatic carbocycles. The average Bonchev–Trinajstić information content (AvgIpc) is 2.66. The van der Waals surface area contributed by atoms with Crippen molar-refractivity contribution >= 4 is 23.6 Å². The van der Waals surface area contributed by atoms with Gasteiger partial charge in [0.25, 0.3) is 0 Å². The number of hydrogen-bond acceptors (Lipinski definition) is 4. The van der Waals surface area contributed by atoms with Crippen LogP contribution in [0.15, 0.2) is 12.2 Å². The number of carboxylic acid groups (broad SMARTS) is 2. The topological polar surface area (TPSA) is 121 Å². The van der Waals surface area contributed by atoms with Crippen LogP contribution in [0.25, 0.3) is 0 Å². The lowest BCUT2D eigenvalue weighted by molar-refractivity contribution is -0.144. The van der Waals surface area contributed by atoms with Crippen LogP contribution in [0.3, 0.4) is 0 Å². The summed E-state index contributed by atoms with van der Waals surface area (Å²) in [7, 11) is 0. The number of amides is 1. The second-order valence-corrected chi connectivity index (χ2v) is 8.14. The van der Waals surface area contributed by atoms with Crippen LogP contribution in [0.1, 0.15) is 104 Å². The van der Waals surface area contributed by atoms with Gasteiger partial charge in [0, 0.05) is 12.8 Å². The third-order valence-electron chi connectivity index (χ3n) is 5.04. The zero-order chi connectivity index (χ0) is 22.8. The van der Waals surface area contributed by atoms with E-state index in [2.05, 4.69) is 5.32 Å². The SMILES string of the molecule is CC(=O)/C=C/C(C)(NC(=O)CCCCCCCCCCCCCCC(=O)O)C(=O)O. The molecule has 0 fully saturated rings. The molecule has 0 bridgehead atoms. The quantitative estimate of drug-likeness (QED) is 0.205. The summed E-state index contributed by atoms with van der Waals surface area (Å²) in [6, 6.07) is 0. The van der Waals surface area contributed by atoms with Gasteiger partial charge in [-0.25, -0.2) is 4.79 Å². The van der Waals surface area contributed by atoms with Gasteiger partial charge in [0.2, 0.25) is 5.91 Å². The molecule has 0 aromatic heterocycles. The summed E-state index contributed by atoms with van der Waals surface area (Å²) in [6.07, 6.45) is 15.6. The number of ketones is 1. The Morgan fingerprint density at radius 3 is 1.50 bits per heavy atom. The lowest BCUT2D eigenvalue weighted by Crippen LogP contribution is -2.50. The molecule has 0 aliphatic carbocycles. The van der Waals surface area contributed by atoms with Gasteiger partial charge >= 0.3 is 11.9 Å². The van der Waals surface area contributed by atoms with Gasteiger partial charge in [-0.3, -0.25) is 14.4 Å². The van der Waals surface area contributed by atoms with E-state index >= 15 is 0 Å². The van der Waals surface area contributed by atoms with Gasteiger partial charge in [-0.15, -0.1) is 0 Å². The largest absolute Gasteiger partial charge is 0.481 e. The van der Waals surface area contributed by atoms with Crippen molar-refractivity contribution in [2.75, 3.05) is 0 Å². The molecule has 0 heterocycles. The standard InChI is InChI=1S/C23H39NO6/c1-19(25)17-18-23(2,22(29)30)24-20(26)15-13-11-9-7-5-3-4-6-8-10-12-14-16-21(27)28/h17-18H,3-16H2,1-2H3,(H,24,26)(H,27,28)(H,29,30)/b18-17+. The molecule has 3 N–H and O–H groups in total. The molecule has 0 rings (SSSR count). The molecule has 0 aromatic rings. The zero-order valence-corrected chi connectivity index (χ0v) is 18.6. The van der Waals surface area contributed by atoms with Gasteiger partial charge < -0.3 is 15.5 Å². The van der Waals surface area contributed by atoms with Crippen molar-refractivity contribution in [3.8, 4) is 0 Å². The summed E-state index contributed by atoms with van der Waals surface area (Å²) in [5, 5.41) is 20.4. The minimum Gasteiger partial charge on any atom is -0.481 e. The highest BCUT2D eigenvalue weighted by molar-refractivity contribution is 5.92. The van der Waals surface area contributed by atoms with E-state index < -0.39 is 17.5 Å². The molecule has 0 spiro atoms. The van der Waals surface area contributed by atoms with Gasteiger partial charge in [-0.2, -0.15) is 0 Å². The van der Waals surface area contributed by atoms with E-state index in [1.165, 1.54) is 52.0 Å². The van der Waals surface area contributed by atoms with E-state index in [1.54, 1.807) is 0 Å². The molecule has 30 heavy (non-hydrogen) atoms. The smallest absolute Gasteiger partial charge is 0.333 e. The second-order valence-electron chi connectivity index (χ2n) is 8.14. The number of allylic oxidation sites excluding steroid dienone is 1. The number of hydrogen-bond donors (Lipinski definition) is 3. The monoisotopic (exact) mass is 425 g/mol. The Morgan fingerprint density at radius 1 is 0.733 bits per heavy atom. The van der Waals surface area contributed by atoms with Gasteiger partial charge in [-0.05, 0) is 38.8 Å². The second kappa shape index (κ2) is 16.6. The molecule has 1 atom stereocenters. The zero-order valence-electron chi connectivity index (χ0n) is 18.6. The van der Waals surface area contributed by atoms with E-state index in [-0.39, 0.29) is 24.5 Å². The molecule has 172 valence electrons. The Bertz CT molecular complexity index is 572. The van der Waals surface area contributed by atoms with Gasteiger partial charge in [0.1, 0.15) is 0 Å². The van der Waals surface area contributed by atoms with E-state index in [1.807, 2.05) is 0 Å². The van der Waals surface area contributed by atoms with E-state index in [9.17, 15) is 24.3 Å². The maximum absolute atomic E-state index is 12.0. The Morgan fingerprint density at radius 2 is 1.13 bits per heavy atom. The Kier molecular flexibility index (Phi) is 15.4. The molecule has 7 nitrogen and oxygen atoms in total. The normalized spacial score (nSPS) is 13.1. The van der Waals surface area contributed by atoms with Crippen molar-refractivity contribution in [1.82, 2.24) is 5.32 Å². The predicted molar refractivity (Wildman–Crippen MR) is 116 cm³/mol. The summed E-state index contributed by atoms with van der Waals surface area (Å²) < 4.78 is 0. The van der Waals surface area contributed by atoms with Crippen molar-refractivity contribution in [3.05, 3.63) is 12.2 Å². The number of carbonyl (C=O) groups is 4. The van der Waals surface area contributed by atoms with E-state index in [0.29, 0.717) is 6.42 Å². The third-order valence-corrected chi connectivity index (χ3v) is 5.04. The summed E-state index contributed by atoms with van der Waals surface area (Å²) in [4.78, 5) is 44.8. The molecule has 0 saturated carbocycles. The predicted octanol–water partition coefficient (Wildman–Crippen LogP) is 4.64. The maximum Gasteiger partial charge on any atom is 0.333 e. The Balaban J connectivity index is 3.68. The molecule has 1 unspecified atom stereocenters. The van der Waals surface area contributed by atoms with Crippen LogP contribution in [-0.2, 0) is 19.2 Å². The van der Waals surface area contributed by atoms with Crippen molar-refractivity contribution in [1.29, 1.82) is 0 Å². The molecule has 0 saturated heterocycles. The van der Waals surface area contributed by atoms with Gasteiger partial charge in [0.15, 0.2) is 11.3 Å². The van der Waals surface area contributed by atoms with Crippen LogP contribution in [0.2, 0.25) is 0 Å². The van der Waals surface area contributed by atoms with Crippen molar-refractivity contribution in [2.45, 2.75) is 109 Å².